The summed E-state index contributed by atoms with van der Waals surface area (Å²) in [6.07, 6.45) is 16.5. The molecular formula is C43H66N5O9P. The number of fused-ring (bicyclic) bond motifs is 2. The number of phosphoric ester groups is 1. The van der Waals surface area contributed by atoms with Crippen LogP contribution in [0.15, 0.2) is 48.8 Å². The molecule has 2 aliphatic rings. The van der Waals surface area contributed by atoms with Gasteiger partial charge in [-0.25, -0.2) is 14.1 Å². The second kappa shape index (κ2) is 22.6. The largest absolute Gasteiger partial charge is 0.472 e. The summed E-state index contributed by atoms with van der Waals surface area (Å²) >= 11 is 0. The predicted molar refractivity (Wildman–Crippen MR) is 220 cm³/mol. The molecule has 14 nitrogen and oxygen atoms in total. The number of anilines is 1. The van der Waals surface area contributed by atoms with Crippen molar-refractivity contribution < 1.29 is 42.2 Å². The Hall–Kier alpha value is -2.96. The van der Waals surface area contributed by atoms with Crippen LogP contribution in [-0.4, -0.2) is 75.6 Å². The van der Waals surface area contributed by atoms with Crippen LogP contribution in [0.1, 0.15) is 135 Å². The van der Waals surface area contributed by atoms with Crippen LogP contribution in [0.4, 0.5) is 5.82 Å². The highest BCUT2D eigenvalue weighted by atomic mass is 31.2. The summed E-state index contributed by atoms with van der Waals surface area (Å²) in [5.41, 5.74) is 6.15. The quantitative estimate of drug-likeness (QED) is 0.0523. The van der Waals surface area contributed by atoms with E-state index in [0.717, 1.165) is 18.4 Å². The molecular weight excluding hydrogens is 761 g/mol. The Balaban J connectivity index is 1.08. The summed E-state index contributed by atoms with van der Waals surface area (Å²) in [6.45, 7) is 7.99. The van der Waals surface area contributed by atoms with Crippen molar-refractivity contribution in [2.45, 2.75) is 173 Å². The van der Waals surface area contributed by atoms with Gasteiger partial charge in [-0.15, -0.1) is 0 Å². The van der Waals surface area contributed by atoms with Crippen molar-refractivity contribution in [2.24, 2.45) is 0 Å². The van der Waals surface area contributed by atoms with Crippen LogP contribution in [0.5, 0.6) is 0 Å². The van der Waals surface area contributed by atoms with Crippen molar-refractivity contribution in [3.8, 4) is 6.07 Å². The van der Waals surface area contributed by atoms with Crippen LogP contribution < -0.4 is 5.73 Å². The maximum absolute atomic E-state index is 13.4. The Kier molecular flexibility index (Phi) is 18.0. The molecule has 0 amide bonds. The summed E-state index contributed by atoms with van der Waals surface area (Å²) in [4.78, 5) is 14.9. The highest BCUT2D eigenvalue weighted by molar-refractivity contribution is 7.47. The van der Waals surface area contributed by atoms with Crippen molar-refractivity contribution in [2.75, 3.05) is 25.6 Å². The minimum absolute atomic E-state index is 0.165. The van der Waals surface area contributed by atoms with E-state index >= 15 is 0 Å². The first-order valence-corrected chi connectivity index (χ1v) is 22.9. The number of hydrogen-bond acceptors (Lipinski definition) is 12. The van der Waals surface area contributed by atoms with E-state index in [4.69, 9.17) is 38.5 Å². The molecule has 2 fully saturated rings. The molecule has 3 aromatic rings. The molecule has 2 saturated heterocycles. The first kappa shape index (κ1) is 46.1. The van der Waals surface area contributed by atoms with Crippen molar-refractivity contribution in [1.82, 2.24) is 14.6 Å². The van der Waals surface area contributed by atoms with Crippen molar-refractivity contribution in [3.63, 3.8) is 0 Å². The molecule has 0 saturated carbocycles. The maximum atomic E-state index is 13.4. The van der Waals surface area contributed by atoms with Gasteiger partial charge in [-0.3, -0.25) is 9.05 Å². The lowest BCUT2D eigenvalue weighted by Crippen LogP contribution is -2.40. The van der Waals surface area contributed by atoms with Gasteiger partial charge in [0.15, 0.2) is 11.6 Å². The van der Waals surface area contributed by atoms with Gasteiger partial charge >= 0.3 is 7.82 Å². The number of benzene rings is 1. The zero-order valence-corrected chi connectivity index (χ0v) is 35.9. The molecule has 0 radical (unpaired) electrons. The molecule has 322 valence electrons. The Labute approximate surface area is 344 Å². The van der Waals surface area contributed by atoms with Crippen LogP contribution >= 0.6 is 7.82 Å². The topological polar surface area (TPSA) is 182 Å². The smallest absolute Gasteiger partial charge is 0.382 e. The minimum Gasteiger partial charge on any atom is -0.382 e. The van der Waals surface area contributed by atoms with Crippen LogP contribution in [0.25, 0.3) is 5.52 Å². The van der Waals surface area contributed by atoms with Gasteiger partial charge in [0.1, 0.15) is 36.2 Å². The van der Waals surface area contributed by atoms with E-state index in [1.54, 1.807) is 26.0 Å². The van der Waals surface area contributed by atoms with Crippen molar-refractivity contribution in [1.29, 1.82) is 5.26 Å². The number of nitrogens with two attached hydrogens (primary N) is 1. The molecule has 7 atom stereocenters. The van der Waals surface area contributed by atoms with Crippen molar-refractivity contribution >= 4 is 19.2 Å². The fraction of sp³-hybridized carbons (Fsp3) is 0.698. The Morgan fingerprint density at radius 3 is 2.22 bits per heavy atom. The Bertz CT molecular complexity index is 1760. The van der Waals surface area contributed by atoms with E-state index in [0.29, 0.717) is 30.8 Å². The molecule has 0 spiro atoms. The molecule has 2 aliphatic heterocycles. The number of ether oxygens (including phenoxy) is 5. The van der Waals surface area contributed by atoms with Crippen molar-refractivity contribution in [3.05, 3.63) is 60.0 Å². The zero-order valence-electron chi connectivity index (χ0n) is 35.0. The second-order valence-corrected chi connectivity index (χ2v) is 17.6. The number of aromatic nitrogens is 3. The van der Waals surface area contributed by atoms with Crippen LogP contribution in [0.3, 0.4) is 0 Å². The van der Waals surface area contributed by atoms with Crippen LogP contribution in [0, 0.1) is 11.3 Å². The summed E-state index contributed by atoms with van der Waals surface area (Å²) in [5.74, 6) is -0.850. The molecule has 2 aromatic heterocycles. The molecule has 15 heteroatoms. The first-order chi connectivity index (χ1) is 28.0. The van der Waals surface area contributed by atoms with Gasteiger partial charge in [0.05, 0.1) is 37.7 Å². The van der Waals surface area contributed by atoms with Gasteiger partial charge < -0.3 is 34.3 Å². The van der Waals surface area contributed by atoms with Gasteiger partial charge in [0, 0.05) is 13.0 Å². The van der Waals surface area contributed by atoms with Crippen LogP contribution in [0.2, 0.25) is 0 Å². The lowest BCUT2D eigenvalue weighted by molar-refractivity contribution is -0.204. The van der Waals surface area contributed by atoms with Gasteiger partial charge in [-0.05, 0) is 44.9 Å². The standard InChI is InChI=1S/C43H66N5O9P/c1-5-6-7-8-9-10-11-12-13-14-15-16-17-21-26-51-33(2)27-35(52-28-34-22-19-18-20-23-34)29-53-58(49,50)54-30-37-39-40(57-42(3,4)56-39)43(31-44,55-37)38-25-24-36-41(45)46-32-47-48(36)38/h18-20,22-25,32-33,35,37,39-40H,5-17,21,26-30H2,1-4H3,(H,49,50)(H2,45,46,47)/t33?,35-,37-,39-,40-,43+/m1/s1. The van der Waals surface area contributed by atoms with E-state index < -0.39 is 50.2 Å². The zero-order chi connectivity index (χ0) is 41.4. The number of unbranched alkanes of at least 4 members (excludes halogenated alkanes) is 13. The van der Waals surface area contributed by atoms with E-state index in [1.807, 2.05) is 37.3 Å². The van der Waals surface area contributed by atoms with Gasteiger partial charge in [-0.2, -0.15) is 10.4 Å². The molecule has 5 rings (SSSR count). The highest BCUT2D eigenvalue weighted by Crippen LogP contribution is 2.51. The third-order valence-electron chi connectivity index (χ3n) is 10.9. The fourth-order valence-electron chi connectivity index (χ4n) is 7.84. The lowest BCUT2D eigenvalue weighted by atomic mass is 9.92. The molecule has 2 unspecified atom stereocenters. The van der Waals surface area contributed by atoms with E-state index in [2.05, 4.69) is 23.1 Å². The molecule has 0 aliphatic carbocycles. The maximum Gasteiger partial charge on any atom is 0.472 e. The summed E-state index contributed by atoms with van der Waals surface area (Å²) < 4.78 is 56.9. The number of nitrogen functional groups attached to an aromatic ring is 1. The summed E-state index contributed by atoms with van der Waals surface area (Å²) in [5, 5.41) is 14.9. The van der Waals surface area contributed by atoms with Gasteiger partial charge in [-0.1, -0.05) is 121 Å². The molecule has 1 aromatic carbocycles. The second-order valence-electron chi connectivity index (χ2n) is 16.2. The normalized spacial score (nSPS) is 23.4. The number of rotatable bonds is 28. The molecule has 0 bridgehead atoms. The van der Waals surface area contributed by atoms with E-state index in [1.165, 1.54) is 87.9 Å². The Morgan fingerprint density at radius 1 is 0.914 bits per heavy atom. The molecule has 58 heavy (non-hydrogen) atoms. The SMILES string of the molecule is CCCCCCCCCCCCCCCCOC(C)C[C@H](COP(=O)(O)OC[C@H]1O[C@@](C#N)(c2ccc3c(N)ncnn23)[C@@H]2OC(C)(C)O[C@@H]21)OCc1ccccc1. The van der Waals surface area contributed by atoms with E-state index in [-0.39, 0.29) is 18.5 Å². The Morgan fingerprint density at radius 2 is 1.57 bits per heavy atom. The van der Waals surface area contributed by atoms with Crippen LogP contribution in [-0.2, 0) is 49.5 Å². The lowest BCUT2D eigenvalue weighted by Gasteiger charge is -2.29. The average molecular weight is 828 g/mol. The summed E-state index contributed by atoms with van der Waals surface area (Å²) in [7, 11) is -4.64. The monoisotopic (exact) mass is 827 g/mol. The summed E-state index contributed by atoms with van der Waals surface area (Å²) in [6, 6.07) is 15.3. The van der Waals surface area contributed by atoms with E-state index in [9.17, 15) is 14.7 Å². The number of phosphoric acid groups is 1. The van der Waals surface area contributed by atoms with Gasteiger partial charge in [0.2, 0.25) is 5.60 Å². The first-order valence-electron chi connectivity index (χ1n) is 21.4. The molecule has 3 N–H and O–H groups in total. The third kappa shape index (κ3) is 13.3. The number of nitrogens with zero attached hydrogens (tertiary/aromatic N) is 4. The molecule has 4 heterocycles. The average Bonchev–Trinajstić information content (AvgIpc) is 3.87. The minimum atomic E-state index is -4.64. The number of hydrogen-bond donors (Lipinski definition) is 2. The third-order valence-corrected chi connectivity index (χ3v) is 11.9. The number of nitriles is 1. The fourth-order valence-corrected chi connectivity index (χ4v) is 8.60. The highest BCUT2D eigenvalue weighted by Gasteiger charge is 2.65. The van der Waals surface area contributed by atoms with Gasteiger partial charge in [0.25, 0.3) is 0 Å². The predicted octanol–water partition coefficient (Wildman–Crippen LogP) is 8.94.